The lowest BCUT2D eigenvalue weighted by molar-refractivity contribution is -0.119. The maximum Gasteiger partial charge on any atom is 0.230 e. The summed E-state index contributed by atoms with van der Waals surface area (Å²) in [5.41, 5.74) is 4.33. The lowest BCUT2D eigenvalue weighted by Crippen LogP contribution is -2.47. The van der Waals surface area contributed by atoms with E-state index in [0.717, 1.165) is 79.4 Å². The van der Waals surface area contributed by atoms with E-state index in [2.05, 4.69) is 26.9 Å². The van der Waals surface area contributed by atoms with Crippen molar-refractivity contribution < 1.29 is 9.59 Å². The summed E-state index contributed by atoms with van der Waals surface area (Å²) in [6.07, 6.45) is 7.49. The van der Waals surface area contributed by atoms with Gasteiger partial charge in [0, 0.05) is 62.6 Å². The number of rotatable bonds is 8. The largest absolute Gasteiger partial charge is 0.354 e. The molecule has 0 N–H and O–H groups in total. The van der Waals surface area contributed by atoms with Gasteiger partial charge in [0.1, 0.15) is 12.1 Å². The van der Waals surface area contributed by atoms with Crippen LogP contribution in [0.2, 0.25) is 0 Å². The van der Waals surface area contributed by atoms with Crippen LogP contribution in [0.5, 0.6) is 0 Å². The second-order valence-electron chi connectivity index (χ2n) is 9.82. The number of aldehydes is 1. The molecule has 1 saturated heterocycles. The van der Waals surface area contributed by atoms with E-state index in [9.17, 15) is 9.59 Å². The first kappa shape index (κ1) is 22.1. The summed E-state index contributed by atoms with van der Waals surface area (Å²) < 4.78 is 0. The smallest absolute Gasteiger partial charge is 0.230 e. The van der Waals surface area contributed by atoms with Crippen molar-refractivity contribution in [2.24, 2.45) is 11.8 Å². The maximum absolute atomic E-state index is 12.9. The zero-order valence-electron chi connectivity index (χ0n) is 19.8. The third kappa shape index (κ3) is 4.81. The molecule has 6 nitrogen and oxygen atoms in total. The summed E-state index contributed by atoms with van der Waals surface area (Å²) in [7, 11) is 0. The maximum atomic E-state index is 12.9. The van der Waals surface area contributed by atoms with Crippen molar-refractivity contribution in [1.29, 1.82) is 0 Å². The van der Waals surface area contributed by atoms with E-state index in [1.807, 2.05) is 37.1 Å². The van der Waals surface area contributed by atoms with Gasteiger partial charge >= 0.3 is 0 Å². The molecular formula is C27H34N4O2. The minimum absolute atomic E-state index is 0.138. The minimum Gasteiger partial charge on any atom is -0.354 e. The molecule has 2 aromatic rings. The average molecular weight is 447 g/mol. The summed E-state index contributed by atoms with van der Waals surface area (Å²) in [6.45, 7) is 9.93. The van der Waals surface area contributed by atoms with E-state index < -0.39 is 0 Å². The number of pyridine rings is 1. The lowest BCUT2D eigenvalue weighted by Gasteiger charge is -2.35. The van der Waals surface area contributed by atoms with Gasteiger partial charge in [-0.25, -0.2) is 4.98 Å². The minimum atomic E-state index is 0.138. The number of hydrogen-bond donors (Lipinski definition) is 0. The van der Waals surface area contributed by atoms with Gasteiger partial charge in [-0.3, -0.25) is 14.5 Å². The highest BCUT2D eigenvalue weighted by Gasteiger charge is 2.34. The molecule has 3 fully saturated rings. The Bertz CT molecular complexity index is 1040. The van der Waals surface area contributed by atoms with Gasteiger partial charge < -0.3 is 9.80 Å². The molecule has 0 radical (unpaired) electrons. The molecule has 0 bridgehead atoms. The van der Waals surface area contributed by atoms with E-state index >= 15 is 0 Å². The van der Waals surface area contributed by atoms with Crippen LogP contribution in [0.4, 0.5) is 11.5 Å². The topological polar surface area (TPSA) is 56.8 Å². The summed E-state index contributed by atoms with van der Waals surface area (Å²) in [6, 6.07) is 8.13. The Labute approximate surface area is 196 Å². The molecule has 174 valence electrons. The van der Waals surface area contributed by atoms with Crippen molar-refractivity contribution >= 4 is 23.7 Å². The number of amides is 1. The van der Waals surface area contributed by atoms with E-state index in [0.29, 0.717) is 12.1 Å². The molecule has 1 aromatic carbocycles. The van der Waals surface area contributed by atoms with Crippen molar-refractivity contribution in [2.75, 3.05) is 49.1 Å². The predicted molar refractivity (Wildman–Crippen MR) is 132 cm³/mol. The number of piperazine rings is 1. The van der Waals surface area contributed by atoms with Crippen LogP contribution in [-0.2, 0) is 4.79 Å². The number of anilines is 2. The first-order chi connectivity index (χ1) is 16.1. The Kier molecular flexibility index (Phi) is 6.19. The van der Waals surface area contributed by atoms with Crippen LogP contribution in [-0.4, -0.2) is 61.3 Å². The third-order valence-corrected chi connectivity index (χ3v) is 7.34. The highest BCUT2D eigenvalue weighted by molar-refractivity contribution is 5.99. The molecule has 1 aliphatic heterocycles. The van der Waals surface area contributed by atoms with Gasteiger partial charge in [-0.1, -0.05) is 0 Å². The fourth-order valence-corrected chi connectivity index (χ4v) is 4.88. The first-order valence-electron chi connectivity index (χ1n) is 12.4. The fraction of sp³-hybridized carbons (Fsp3) is 0.519. The van der Waals surface area contributed by atoms with Crippen LogP contribution >= 0.6 is 0 Å². The standard InChI is InChI=1S/C27H34N4O2/c1-3-31(27(33)21-6-7-21)25-15-23(14-24(18-32)19(25)2)22-8-9-28-26(16-22)30-12-10-29(11-13-30)17-20-4-5-20/h8-9,14-16,18,20-21H,3-7,10-13,17H2,1-2H3. The van der Waals surface area contributed by atoms with Gasteiger partial charge in [0.05, 0.1) is 0 Å². The number of aromatic nitrogens is 1. The van der Waals surface area contributed by atoms with Crippen LogP contribution < -0.4 is 9.80 Å². The molecule has 1 amide bonds. The van der Waals surface area contributed by atoms with Crippen LogP contribution in [0, 0.1) is 18.8 Å². The first-order valence-corrected chi connectivity index (χ1v) is 12.4. The van der Waals surface area contributed by atoms with Gasteiger partial charge in [0.15, 0.2) is 0 Å². The van der Waals surface area contributed by atoms with Gasteiger partial charge in [-0.15, -0.1) is 0 Å². The summed E-state index contributed by atoms with van der Waals surface area (Å²) in [5.74, 6) is 2.22. The van der Waals surface area contributed by atoms with Crippen molar-refractivity contribution in [1.82, 2.24) is 9.88 Å². The number of carbonyl (C=O) groups is 2. The summed E-state index contributed by atoms with van der Waals surface area (Å²) >= 11 is 0. The normalized spacial score (nSPS) is 18.9. The number of hydrogen-bond acceptors (Lipinski definition) is 5. The van der Waals surface area contributed by atoms with E-state index in [1.54, 1.807) is 0 Å². The van der Waals surface area contributed by atoms with E-state index in [1.165, 1.54) is 19.4 Å². The predicted octanol–water partition coefficient (Wildman–Crippen LogP) is 4.16. The Morgan fingerprint density at radius 1 is 1.09 bits per heavy atom. The third-order valence-electron chi connectivity index (χ3n) is 7.34. The molecule has 3 aliphatic rings. The van der Waals surface area contributed by atoms with Gasteiger partial charge in [-0.05, 0) is 86.4 Å². The number of nitrogens with zero attached hydrogens (tertiary/aromatic N) is 4. The SMILES string of the molecule is CCN(C(=O)C1CC1)c1cc(-c2ccnc(N3CCN(CC4CC4)CC3)c2)cc(C=O)c1C. The molecule has 2 saturated carbocycles. The molecule has 0 spiro atoms. The number of benzene rings is 1. The Balaban J connectivity index is 1.40. The van der Waals surface area contributed by atoms with Crippen molar-refractivity contribution in [3.63, 3.8) is 0 Å². The molecule has 33 heavy (non-hydrogen) atoms. The van der Waals surface area contributed by atoms with Gasteiger partial charge in [0.25, 0.3) is 0 Å². The van der Waals surface area contributed by atoms with Crippen LogP contribution in [0.3, 0.4) is 0 Å². The molecule has 2 heterocycles. The van der Waals surface area contributed by atoms with E-state index in [-0.39, 0.29) is 11.8 Å². The van der Waals surface area contributed by atoms with Crippen LogP contribution in [0.15, 0.2) is 30.5 Å². The quantitative estimate of drug-likeness (QED) is 0.570. The highest BCUT2D eigenvalue weighted by Crippen LogP contribution is 2.36. The Morgan fingerprint density at radius 3 is 2.48 bits per heavy atom. The molecular weight excluding hydrogens is 412 g/mol. The molecule has 0 unspecified atom stereocenters. The molecule has 6 heteroatoms. The second-order valence-corrected chi connectivity index (χ2v) is 9.82. The zero-order chi connectivity index (χ0) is 22.9. The molecule has 5 rings (SSSR count). The Morgan fingerprint density at radius 2 is 1.85 bits per heavy atom. The van der Waals surface area contributed by atoms with Gasteiger partial charge in [0.2, 0.25) is 5.91 Å². The average Bonchev–Trinajstić information content (AvgIpc) is 3.76. The zero-order valence-corrected chi connectivity index (χ0v) is 19.8. The molecule has 0 atom stereocenters. The van der Waals surface area contributed by atoms with Crippen molar-refractivity contribution in [3.8, 4) is 11.1 Å². The van der Waals surface area contributed by atoms with Crippen molar-refractivity contribution in [3.05, 3.63) is 41.6 Å². The van der Waals surface area contributed by atoms with Crippen LogP contribution in [0.1, 0.15) is 48.5 Å². The second kappa shape index (κ2) is 9.26. The monoisotopic (exact) mass is 446 g/mol. The van der Waals surface area contributed by atoms with Crippen molar-refractivity contribution in [2.45, 2.75) is 39.5 Å². The summed E-state index contributed by atoms with van der Waals surface area (Å²) in [4.78, 5) is 36.2. The van der Waals surface area contributed by atoms with Crippen LogP contribution in [0.25, 0.3) is 11.1 Å². The highest BCUT2D eigenvalue weighted by atomic mass is 16.2. The lowest BCUT2D eigenvalue weighted by atomic mass is 9.98. The molecule has 1 aromatic heterocycles. The molecule has 2 aliphatic carbocycles. The Hall–Kier alpha value is -2.73. The van der Waals surface area contributed by atoms with E-state index in [4.69, 9.17) is 0 Å². The summed E-state index contributed by atoms with van der Waals surface area (Å²) in [5, 5.41) is 0. The van der Waals surface area contributed by atoms with Gasteiger partial charge in [-0.2, -0.15) is 0 Å². The number of carbonyl (C=O) groups excluding carboxylic acids is 2. The fourth-order valence-electron chi connectivity index (χ4n) is 4.88.